The Morgan fingerprint density at radius 2 is 2.04 bits per heavy atom. The molecule has 1 aliphatic carbocycles. The van der Waals surface area contributed by atoms with E-state index in [0.717, 1.165) is 12.8 Å². The summed E-state index contributed by atoms with van der Waals surface area (Å²) in [6.45, 7) is 5.99. The van der Waals surface area contributed by atoms with Crippen LogP contribution in [0.5, 0.6) is 0 Å². The lowest BCUT2D eigenvalue weighted by atomic mass is 9.95. The van der Waals surface area contributed by atoms with Gasteiger partial charge in [0.2, 0.25) is 5.91 Å². The van der Waals surface area contributed by atoms with Crippen LogP contribution in [0.25, 0.3) is 0 Å². The number of carbonyl (C=O) groups is 3. The zero-order chi connectivity index (χ0) is 16.5. The van der Waals surface area contributed by atoms with Crippen LogP contribution in [-0.4, -0.2) is 46.9 Å². The highest BCUT2D eigenvalue weighted by Gasteiger charge is 2.44. The number of nitrogens with zero attached hydrogens (tertiary/aromatic N) is 1. The molecule has 4 amide bonds. The van der Waals surface area contributed by atoms with Gasteiger partial charge < -0.3 is 16.4 Å². The van der Waals surface area contributed by atoms with Gasteiger partial charge in [0.1, 0.15) is 5.54 Å². The number of nitrogens with two attached hydrogens (primary N) is 1. The number of amides is 4. The summed E-state index contributed by atoms with van der Waals surface area (Å²) in [5.41, 5.74) is 4.58. The van der Waals surface area contributed by atoms with Crippen LogP contribution >= 0.6 is 12.4 Å². The van der Waals surface area contributed by atoms with Gasteiger partial charge in [-0.3, -0.25) is 14.5 Å². The fraction of sp³-hybridized carbons (Fsp3) is 0.800. The van der Waals surface area contributed by atoms with Crippen LogP contribution in [0.3, 0.4) is 0 Å². The van der Waals surface area contributed by atoms with Crippen LogP contribution in [0.2, 0.25) is 0 Å². The Labute approximate surface area is 143 Å². The maximum atomic E-state index is 12.0. The SMILES string of the molecule is CC1(C)NC(=O)N(CCCC(=O)NC(C)(CN)C2CC2)C1=O.Cl. The predicted molar refractivity (Wildman–Crippen MR) is 89.1 cm³/mol. The molecule has 1 saturated heterocycles. The summed E-state index contributed by atoms with van der Waals surface area (Å²) in [6, 6.07) is -0.389. The number of hydrogen-bond acceptors (Lipinski definition) is 4. The molecule has 1 aliphatic heterocycles. The Morgan fingerprint density at radius 1 is 1.43 bits per heavy atom. The van der Waals surface area contributed by atoms with Crippen LogP contribution in [0.1, 0.15) is 46.5 Å². The monoisotopic (exact) mass is 346 g/mol. The van der Waals surface area contributed by atoms with Crippen molar-refractivity contribution < 1.29 is 14.4 Å². The Hall–Kier alpha value is -1.34. The minimum absolute atomic E-state index is 0. The largest absolute Gasteiger partial charge is 0.349 e. The molecule has 7 nitrogen and oxygen atoms in total. The molecule has 0 spiro atoms. The predicted octanol–water partition coefficient (Wildman–Crippen LogP) is 0.762. The standard InChI is InChI=1S/C15H26N4O3.ClH/c1-14(2)12(21)19(13(22)18-14)8-4-5-11(20)17-15(3,9-16)10-6-7-10;/h10H,4-9,16H2,1-3H3,(H,17,20)(H,18,22);1H. The van der Waals surface area contributed by atoms with E-state index in [1.54, 1.807) is 13.8 Å². The number of hydrogen-bond donors (Lipinski definition) is 3. The highest BCUT2D eigenvalue weighted by Crippen LogP contribution is 2.39. The molecule has 0 aromatic rings. The van der Waals surface area contributed by atoms with Crippen LogP contribution in [-0.2, 0) is 9.59 Å². The first kappa shape index (κ1) is 19.7. The topological polar surface area (TPSA) is 105 Å². The van der Waals surface area contributed by atoms with Crippen molar-refractivity contribution in [3.63, 3.8) is 0 Å². The molecule has 8 heteroatoms. The van der Waals surface area contributed by atoms with Crippen LogP contribution in [0.15, 0.2) is 0 Å². The van der Waals surface area contributed by atoms with Crippen molar-refractivity contribution in [2.45, 2.75) is 57.5 Å². The summed E-state index contributed by atoms with van der Waals surface area (Å²) in [5, 5.41) is 5.62. The van der Waals surface area contributed by atoms with Crippen LogP contribution in [0.4, 0.5) is 4.79 Å². The summed E-state index contributed by atoms with van der Waals surface area (Å²) in [5.74, 6) is 0.141. The molecular weight excluding hydrogens is 320 g/mol. The van der Waals surface area contributed by atoms with Crippen molar-refractivity contribution in [3.8, 4) is 0 Å². The molecule has 0 aromatic heterocycles. The summed E-state index contributed by atoms with van der Waals surface area (Å²) in [7, 11) is 0. The minimum Gasteiger partial charge on any atom is -0.349 e. The fourth-order valence-electron chi connectivity index (χ4n) is 2.84. The molecular formula is C15H27ClN4O3. The number of imide groups is 1. The lowest BCUT2D eigenvalue weighted by Gasteiger charge is -2.29. The van der Waals surface area contributed by atoms with E-state index >= 15 is 0 Å². The van der Waals surface area contributed by atoms with Gasteiger partial charge in [0.25, 0.3) is 5.91 Å². The summed E-state index contributed by atoms with van der Waals surface area (Å²) in [6.07, 6.45) is 2.93. The molecule has 1 atom stereocenters. The third-order valence-electron chi connectivity index (χ3n) is 4.56. The lowest BCUT2D eigenvalue weighted by Crippen LogP contribution is -2.53. The van der Waals surface area contributed by atoms with Crippen LogP contribution < -0.4 is 16.4 Å². The average molecular weight is 347 g/mol. The molecule has 1 saturated carbocycles. The second-order valence-electron chi connectivity index (χ2n) is 7.06. The smallest absolute Gasteiger partial charge is 0.325 e. The van der Waals surface area contributed by atoms with Crippen molar-refractivity contribution >= 4 is 30.3 Å². The maximum absolute atomic E-state index is 12.0. The third kappa shape index (κ3) is 4.35. The van der Waals surface area contributed by atoms with E-state index in [9.17, 15) is 14.4 Å². The molecule has 1 unspecified atom stereocenters. The van der Waals surface area contributed by atoms with E-state index in [1.165, 1.54) is 4.90 Å². The Balaban J connectivity index is 0.00000264. The second kappa shape index (κ2) is 7.05. The fourth-order valence-corrected chi connectivity index (χ4v) is 2.84. The van der Waals surface area contributed by atoms with Crippen molar-refractivity contribution in [1.29, 1.82) is 0 Å². The molecule has 132 valence electrons. The van der Waals surface area contributed by atoms with Gasteiger partial charge in [0, 0.05) is 19.5 Å². The van der Waals surface area contributed by atoms with Gasteiger partial charge in [0.15, 0.2) is 0 Å². The molecule has 2 aliphatic rings. The highest BCUT2D eigenvalue weighted by molar-refractivity contribution is 6.06. The van der Waals surface area contributed by atoms with E-state index in [1.807, 2.05) is 6.92 Å². The van der Waals surface area contributed by atoms with E-state index in [-0.39, 0.29) is 48.8 Å². The quantitative estimate of drug-likeness (QED) is 0.592. The normalized spacial score (nSPS) is 22.2. The first-order valence-corrected chi connectivity index (χ1v) is 7.85. The zero-order valence-electron chi connectivity index (χ0n) is 14.0. The average Bonchev–Trinajstić information content (AvgIpc) is 3.24. The number of nitrogens with one attached hydrogen (secondary N) is 2. The van der Waals surface area contributed by atoms with Crippen LogP contribution in [0, 0.1) is 5.92 Å². The van der Waals surface area contributed by atoms with E-state index < -0.39 is 5.54 Å². The molecule has 1 heterocycles. The molecule has 2 fully saturated rings. The van der Waals surface area contributed by atoms with E-state index in [2.05, 4.69) is 10.6 Å². The molecule has 0 radical (unpaired) electrons. The van der Waals surface area contributed by atoms with Gasteiger partial charge in [-0.25, -0.2) is 4.79 Å². The van der Waals surface area contributed by atoms with Crippen molar-refractivity contribution in [2.75, 3.05) is 13.1 Å². The Kier molecular flexibility index (Phi) is 6.04. The van der Waals surface area contributed by atoms with Gasteiger partial charge in [-0.15, -0.1) is 12.4 Å². The van der Waals surface area contributed by atoms with Gasteiger partial charge in [-0.1, -0.05) is 0 Å². The molecule has 0 bridgehead atoms. The minimum atomic E-state index is -0.858. The molecule has 0 aromatic carbocycles. The van der Waals surface area contributed by atoms with Crippen molar-refractivity contribution in [2.24, 2.45) is 11.7 Å². The van der Waals surface area contributed by atoms with Crippen molar-refractivity contribution in [3.05, 3.63) is 0 Å². The zero-order valence-corrected chi connectivity index (χ0v) is 14.8. The van der Waals surface area contributed by atoms with Gasteiger partial charge in [-0.05, 0) is 46.0 Å². The molecule has 2 rings (SSSR count). The first-order chi connectivity index (χ1) is 10.2. The Bertz CT molecular complexity index is 493. The molecule has 4 N–H and O–H groups in total. The number of carbonyl (C=O) groups excluding carboxylic acids is 3. The van der Waals surface area contributed by atoms with Gasteiger partial charge in [0.05, 0.1) is 5.54 Å². The van der Waals surface area contributed by atoms with E-state index in [0.29, 0.717) is 18.9 Å². The lowest BCUT2D eigenvalue weighted by molar-refractivity contribution is -0.130. The second-order valence-corrected chi connectivity index (χ2v) is 7.06. The highest BCUT2D eigenvalue weighted by atomic mass is 35.5. The van der Waals surface area contributed by atoms with Gasteiger partial charge in [-0.2, -0.15) is 0 Å². The number of rotatable bonds is 7. The summed E-state index contributed by atoms with van der Waals surface area (Å²) >= 11 is 0. The maximum Gasteiger partial charge on any atom is 0.325 e. The molecule has 23 heavy (non-hydrogen) atoms. The third-order valence-corrected chi connectivity index (χ3v) is 4.56. The summed E-state index contributed by atoms with van der Waals surface area (Å²) in [4.78, 5) is 37.0. The summed E-state index contributed by atoms with van der Waals surface area (Å²) < 4.78 is 0. The first-order valence-electron chi connectivity index (χ1n) is 7.85. The van der Waals surface area contributed by atoms with Gasteiger partial charge >= 0.3 is 6.03 Å². The Morgan fingerprint density at radius 3 is 2.48 bits per heavy atom. The van der Waals surface area contributed by atoms with Crippen molar-refractivity contribution in [1.82, 2.24) is 15.5 Å². The number of halogens is 1. The number of urea groups is 1. The van der Waals surface area contributed by atoms with E-state index in [4.69, 9.17) is 5.73 Å².